The van der Waals surface area contributed by atoms with Gasteiger partial charge in [-0.15, -0.1) is 0 Å². The van der Waals surface area contributed by atoms with Crippen LogP contribution in [0.4, 0.5) is 9.52 Å². The molecule has 0 aliphatic carbocycles. The van der Waals surface area contributed by atoms with Gasteiger partial charge in [0.1, 0.15) is 11.3 Å². The highest BCUT2D eigenvalue weighted by Crippen LogP contribution is 2.32. The van der Waals surface area contributed by atoms with Crippen molar-refractivity contribution in [1.29, 1.82) is 0 Å². The number of carbonyl (C=O) groups is 1. The van der Waals surface area contributed by atoms with Crippen molar-refractivity contribution < 1.29 is 9.18 Å². The Kier molecular flexibility index (Phi) is 5.35. The number of fused-ring (bicyclic) bond motifs is 1. The van der Waals surface area contributed by atoms with Gasteiger partial charge in [-0.1, -0.05) is 58.6 Å². The Morgan fingerprint density at radius 3 is 3.05 bits per heavy atom. The van der Waals surface area contributed by atoms with Crippen molar-refractivity contribution in [3.05, 3.63) is 23.0 Å². The zero-order chi connectivity index (χ0) is 14.7. The van der Waals surface area contributed by atoms with Gasteiger partial charge < -0.3 is 5.32 Å². The van der Waals surface area contributed by atoms with Gasteiger partial charge in [0.25, 0.3) is 0 Å². The first-order chi connectivity index (χ1) is 9.51. The summed E-state index contributed by atoms with van der Waals surface area (Å²) in [5, 5.41) is 3.40. The Balaban J connectivity index is 2.14. The molecule has 0 unspecified atom stereocenters. The number of benzene rings is 1. The van der Waals surface area contributed by atoms with E-state index < -0.39 is 5.82 Å². The molecule has 1 amide bonds. The lowest BCUT2D eigenvalue weighted by Crippen LogP contribution is -2.22. The van der Waals surface area contributed by atoms with Gasteiger partial charge in [-0.05, 0) is 18.6 Å². The van der Waals surface area contributed by atoms with Gasteiger partial charge in [0.2, 0.25) is 5.91 Å². The summed E-state index contributed by atoms with van der Waals surface area (Å²) in [5.74, 6) is -0.556. The number of rotatable bonds is 5. The molecule has 20 heavy (non-hydrogen) atoms. The third kappa shape index (κ3) is 3.68. The second kappa shape index (κ2) is 6.83. The highest BCUT2D eigenvalue weighted by atomic mass is 79.9. The first-order valence-electron chi connectivity index (χ1n) is 6.21. The molecule has 0 bridgehead atoms. The molecule has 2 rings (SSSR count). The Bertz CT molecular complexity index is 634. The molecule has 1 aromatic heterocycles. The van der Waals surface area contributed by atoms with Crippen LogP contribution in [0.15, 0.2) is 12.1 Å². The molecule has 1 aromatic carbocycles. The van der Waals surface area contributed by atoms with Gasteiger partial charge in [0.05, 0.1) is 14.5 Å². The molecule has 108 valence electrons. The highest BCUT2D eigenvalue weighted by Gasteiger charge is 2.17. The molecule has 0 radical (unpaired) electrons. The summed E-state index contributed by atoms with van der Waals surface area (Å²) in [6.07, 6.45) is 2.77. The number of amides is 1. The lowest BCUT2D eigenvalue weighted by Gasteiger charge is -2.07. The molecular formula is C13H13BrClFN2OS. The van der Waals surface area contributed by atoms with E-state index in [0.717, 1.165) is 19.3 Å². The van der Waals surface area contributed by atoms with Gasteiger partial charge in [-0.2, -0.15) is 0 Å². The SMILES string of the molecule is CCCC[C@@H](Br)C(=O)Nc1nc2c(Cl)cc(F)cc2s1. The van der Waals surface area contributed by atoms with Crippen LogP contribution in [0.5, 0.6) is 0 Å². The molecule has 0 saturated carbocycles. The van der Waals surface area contributed by atoms with Gasteiger partial charge in [-0.25, -0.2) is 9.37 Å². The number of anilines is 1. The molecule has 2 aromatic rings. The van der Waals surface area contributed by atoms with Crippen LogP contribution in [-0.4, -0.2) is 15.7 Å². The topological polar surface area (TPSA) is 42.0 Å². The average molecular weight is 380 g/mol. The van der Waals surface area contributed by atoms with Crippen molar-refractivity contribution in [3.63, 3.8) is 0 Å². The summed E-state index contributed by atoms with van der Waals surface area (Å²) in [5.41, 5.74) is 0.507. The van der Waals surface area contributed by atoms with Crippen LogP contribution in [0.1, 0.15) is 26.2 Å². The summed E-state index contributed by atoms with van der Waals surface area (Å²) < 4.78 is 13.9. The van der Waals surface area contributed by atoms with E-state index in [9.17, 15) is 9.18 Å². The second-order valence-electron chi connectivity index (χ2n) is 4.35. The summed E-state index contributed by atoms with van der Waals surface area (Å²) in [4.78, 5) is 15.9. The number of aromatic nitrogens is 1. The van der Waals surface area contributed by atoms with Crippen molar-refractivity contribution in [2.24, 2.45) is 0 Å². The van der Waals surface area contributed by atoms with Crippen LogP contribution < -0.4 is 5.32 Å². The van der Waals surface area contributed by atoms with Crippen LogP contribution in [0.3, 0.4) is 0 Å². The van der Waals surface area contributed by atoms with E-state index in [1.807, 2.05) is 0 Å². The van der Waals surface area contributed by atoms with Crippen LogP contribution in [-0.2, 0) is 4.79 Å². The number of thiazole rings is 1. The molecular weight excluding hydrogens is 367 g/mol. The van der Waals surface area contributed by atoms with E-state index in [2.05, 4.69) is 33.2 Å². The zero-order valence-electron chi connectivity index (χ0n) is 10.8. The van der Waals surface area contributed by atoms with E-state index in [-0.39, 0.29) is 15.8 Å². The van der Waals surface area contributed by atoms with Crippen molar-refractivity contribution >= 4 is 60.1 Å². The summed E-state index contributed by atoms with van der Waals surface area (Å²) in [7, 11) is 0. The fraction of sp³-hybridized carbons (Fsp3) is 0.385. The van der Waals surface area contributed by atoms with Crippen molar-refractivity contribution in [2.45, 2.75) is 31.0 Å². The number of halogens is 3. The first-order valence-corrected chi connectivity index (χ1v) is 8.32. The standard InChI is InChI=1S/C13H13BrClFN2OS/c1-2-3-4-8(14)12(19)18-13-17-11-9(15)5-7(16)6-10(11)20-13/h5-6,8H,2-4H2,1H3,(H,17,18,19)/t8-/m1/s1. The van der Waals surface area contributed by atoms with Gasteiger partial charge in [-0.3, -0.25) is 4.79 Å². The predicted octanol–water partition coefficient (Wildman–Crippen LogP) is 4.98. The third-order valence-corrected chi connectivity index (χ3v) is 4.82. The zero-order valence-corrected chi connectivity index (χ0v) is 13.9. The molecule has 0 aliphatic rings. The van der Waals surface area contributed by atoms with Crippen molar-refractivity contribution in [3.8, 4) is 0 Å². The van der Waals surface area contributed by atoms with Crippen LogP contribution >= 0.6 is 38.9 Å². The minimum absolute atomic E-state index is 0.144. The monoisotopic (exact) mass is 378 g/mol. The first kappa shape index (κ1) is 15.7. The number of alkyl halides is 1. The van der Waals surface area contributed by atoms with E-state index in [1.165, 1.54) is 23.5 Å². The van der Waals surface area contributed by atoms with Gasteiger partial charge >= 0.3 is 0 Å². The largest absolute Gasteiger partial charge is 0.301 e. The van der Waals surface area contributed by atoms with Crippen LogP contribution in [0.25, 0.3) is 10.2 Å². The maximum Gasteiger partial charge on any atom is 0.239 e. The number of nitrogens with one attached hydrogen (secondary N) is 1. The van der Waals surface area contributed by atoms with E-state index >= 15 is 0 Å². The number of hydrogen-bond acceptors (Lipinski definition) is 3. The third-order valence-electron chi connectivity index (χ3n) is 2.74. The highest BCUT2D eigenvalue weighted by molar-refractivity contribution is 9.10. The van der Waals surface area contributed by atoms with E-state index in [1.54, 1.807) is 0 Å². The summed E-state index contributed by atoms with van der Waals surface area (Å²) >= 11 is 10.5. The molecule has 0 aliphatic heterocycles. The van der Waals surface area contributed by atoms with Crippen LogP contribution in [0, 0.1) is 5.82 Å². The molecule has 3 nitrogen and oxygen atoms in total. The van der Waals surface area contributed by atoms with E-state index in [4.69, 9.17) is 11.6 Å². The van der Waals surface area contributed by atoms with Crippen LogP contribution in [0.2, 0.25) is 5.02 Å². The van der Waals surface area contributed by atoms with Gasteiger partial charge in [0.15, 0.2) is 5.13 Å². The maximum absolute atomic E-state index is 13.2. The Hall–Kier alpha value is -0.720. The average Bonchev–Trinajstić information content (AvgIpc) is 2.78. The van der Waals surface area contributed by atoms with E-state index in [0.29, 0.717) is 15.3 Å². The Morgan fingerprint density at radius 2 is 2.35 bits per heavy atom. The molecule has 0 saturated heterocycles. The summed E-state index contributed by atoms with van der Waals surface area (Å²) in [6, 6.07) is 2.57. The number of unbranched alkanes of at least 4 members (excludes halogenated alkanes) is 1. The predicted molar refractivity (Wildman–Crippen MR) is 85.5 cm³/mol. The number of hydrogen-bond donors (Lipinski definition) is 1. The minimum atomic E-state index is -0.412. The Morgan fingerprint density at radius 1 is 1.60 bits per heavy atom. The molecule has 1 N–H and O–H groups in total. The van der Waals surface area contributed by atoms with Gasteiger partial charge in [0, 0.05) is 0 Å². The normalized spacial score (nSPS) is 12.6. The molecule has 1 atom stereocenters. The summed E-state index contributed by atoms with van der Waals surface area (Å²) in [6.45, 7) is 2.07. The van der Waals surface area contributed by atoms with Crippen molar-refractivity contribution in [1.82, 2.24) is 4.98 Å². The fourth-order valence-corrected chi connectivity index (χ4v) is 3.37. The smallest absolute Gasteiger partial charge is 0.239 e. The number of carbonyl (C=O) groups excluding carboxylic acids is 1. The molecule has 0 spiro atoms. The molecule has 0 fully saturated rings. The second-order valence-corrected chi connectivity index (χ2v) is 6.90. The van der Waals surface area contributed by atoms with Crippen molar-refractivity contribution in [2.75, 3.05) is 5.32 Å². The Labute approximate surface area is 133 Å². The minimum Gasteiger partial charge on any atom is -0.301 e. The number of nitrogens with zero attached hydrogens (tertiary/aromatic N) is 1. The fourth-order valence-electron chi connectivity index (χ4n) is 1.71. The lowest BCUT2D eigenvalue weighted by molar-refractivity contribution is -0.115. The quantitative estimate of drug-likeness (QED) is 0.744. The lowest BCUT2D eigenvalue weighted by atomic mass is 10.2. The molecule has 1 heterocycles. The maximum atomic E-state index is 13.2. The molecule has 7 heteroatoms.